The normalized spacial score (nSPS) is 17.6. The van der Waals surface area contributed by atoms with E-state index >= 15 is 0 Å². The van der Waals surface area contributed by atoms with Crippen molar-refractivity contribution >= 4 is 23.6 Å². The Morgan fingerprint density at radius 3 is 2.78 bits per heavy atom. The van der Waals surface area contributed by atoms with Crippen LogP contribution in [0.25, 0.3) is 0 Å². The lowest BCUT2D eigenvalue weighted by atomic mass is 9.95. The summed E-state index contributed by atoms with van der Waals surface area (Å²) in [6, 6.07) is 8.23. The molecule has 0 saturated heterocycles. The molecular weight excluding hydrogens is 424 g/mol. The van der Waals surface area contributed by atoms with Gasteiger partial charge in [-0.2, -0.15) is 0 Å². The van der Waals surface area contributed by atoms with E-state index in [4.69, 9.17) is 9.47 Å². The van der Waals surface area contributed by atoms with Gasteiger partial charge in [-0.3, -0.25) is 9.69 Å². The van der Waals surface area contributed by atoms with Gasteiger partial charge in [-0.25, -0.2) is 18.4 Å². The molecule has 166 valence electrons. The zero-order valence-corrected chi connectivity index (χ0v) is 17.0. The molecule has 0 saturated carbocycles. The van der Waals surface area contributed by atoms with Gasteiger partial charge >= 0.3 is 12.0 Å². The SMILES string of the molecule is CCOc1ccccc1[C@H]1NC(=O)N(CC(=O)Nc2ccc(F)cc2F)C2=C1C(=O)OC2. The third-order valence-corrected chi connectivity index (χ3v) is 5.04. The number of para-hydroxylation sites is 1. The van der Waals surface area contributed by atoms with Crippen molar-refractivity contribution in [2.45, 2.75) is 13.0 Å². The number of carbonyl (C=O) groups is 3. The van der Waals surface area contributed by atoms with Crippen molar-refractivity contribution in [1.29, 1.82) is 0 Å². The number of hydrogen-bond acceptors (Lipinski definition) is 5. The highest BCUT2D eigenvalue weighted by Crippen LogP contribution is 2.38. The fraction of sp³-hybridized carbons (Fsp3) is 0.227. The number of amides is 3. The molecule has 0 spiro atoms. The van der Waals surface area contributed by atoms with Crippen LogP contribution in [0.15, 0.2) is 53.7 Å². The van der Waals surface area contributed by atoms with E-state index in [9.17, 15) is 23.2 Å². The Morgan fingerprint density at radius 1 is 1.25 bits per heavy atom. The highest BCUT2D eigenvalue weighted by Gasteiger charge is 2.43. The summed E-state index contributed by atoms with van der Waals surface area (Å²) in [5, 5.41) is 5.01. The van der Waals surface area contributed by atoms with Gasteiger partial charge in [0.05, 0.1) is 29.6 Å². The van der Waals surface area contributed by atoms with Gasteiger partial charge in [0.15, 0.2) is 0 Å². The number of cyclic esters (lactones) is 1. The van der Waals surface area contributed by atoms with Gasteiger partial charge in [0.25, 0.3) is 0 Å². The molecule has 2 heterocycles. The molecule has 32 heavy (non-hydrogen) atoms. The number of nitrogens with one attached hydrogen (secondary N) is 2. The van der Waals surface area contributed by atoms with Crippen molar-refractivity contribution < 1.29 is 32.6 Å². The van der Waals surface area contributed by atoms with E-state index in [-0.39, 0.29) is 23.6 Å². The Hall–Kier alpha value is -3.95. The van der Waals surface area contributed by atoms with Crippen molar-refractivity contribution in [2.24, 2.45) is 0 Å². The summed E-state index contributed by atoms with van der Waals surface area (Å²) < 4.78 is 37.7. The van der Waals surface area contributed by atoms with Crippen LogP contribution in [-0.2, 0) is 14.3 Å². The lowest BCUT2D eigenvalue weighted by molar-refractivity contribution is -0.136. The van der Waals surface area contributed by atoms with Gasteiger partial charge in [-0.05, 0) is 25.1 Å². The number of hydrogen-bond donors (Lipinski definition) is 2. The van der Waals surface area contributed by atoms with E-state index < -0.39 is 42.1 Å². The minimum absolute atomic E-state index is 0.187. The molecule has 0 unspecified atom stereocenters. The summed E-state index contributed by atoms with van der Waals surface area (Å²) in [6.07, 6.45) is 0. The van der Waals surface area contributed by atoms with Crippen LogP contribution in [0.1, 0.15) is 18.5 Å². The lowest BCUT2D eigenvalue weighted by Crippen LogP contribution is -2.49. The zero-order valence-electron chi connectivity index (χ0n) is 17.0. The standard InChI is InChI=1S/C22H19F2N3O5/c1-2-31-17-6-4-3-5-13(17)20-19-16(11-32-21(19)29)27(22(30)26-20)10-18(28)25-15-8-7-12(23)9-14(15)24/h3-9,20H,2,10-11H2,1H3,(H,25,28)(H,26,30)/t20-/m1/s1. The molecule has 8 nitrogen and oxygen atoms in total. The Kier molecular flexibility index (Phi) is 5.76. The van der Waals surface area contributed by atoms with Gasteiger partial charge in [0, 0.05) is 11.6 Å². The second-order valence-electron chi connectivity index (χ2n) is 7.05. The van der Waals surface area contributed by atoms with Crippen LogP contribution in [0.3, 0.4) is 0 Å². The third kappa shape index (κ3) is 3.98. The maximum atomic E-state index is 13.8. The molecule has 4 rings (SSSR count). The average Bonchev–Trinajstić information content (AvgIpc) is 3.14. The van der Waals surface area contributed by atoms with Gasteiger partial charge in [0.1, 0.15) is 30.5 Å². The minimum atomic E-state index is -0.951. The summed E-state index contributed by atoms with van der Waals surface area (Å²) in [5.74, 6) is -2.58. The molecule has 0 aromatic heterocycles. The predicted octanol–water partition coefficient (Wildman–Crippen LogP) is 2.88. The number of esters is 1. The molecule has 0 bridgehead atoms. The fourth-order valence-electron chi connectivity index (χ4n) is 3.64. The average molecular weight is 443 g/mol. The molecule has 3 amide bonds. The van der Waals surface area contributed by atoms with E-state index in [1.807, 2.05) is 6.92 Å². The Bertz CT molecular complexity index is 1130. The van der Waals surface area contributed by atoms with E-state index in [2.05, 4.69) is 10.6 Å². The highest BCUT2D eigenvalue weighted by atomic mass is 19.1. The van der Waals surface area contributed by atoms with Crippen LogP contribution >= 0.6 is 0 Å². The quantitative estimate of drug-likeness (QED) is 0.670. The van der Waals surface area contributed by atoms with Crippen molar-refractivity contribution in [1.82, 2.24) is 10.2 Å². The number of urea groups is 1. The Balaban J connectivity index is 1.61. The van der Waals surface area contributed by atoms with Crippen LogP contribution in [0, 0.1) is 11.6 Å². The molecule has 0 fully saturated rings. The predicted molar refractivity (Wildman–Crippen MR) is 109 cm³/mol. The van der Waals surface area contributed by atoms with Crippen molar-refractivity contribution in [3.63, 3.8) is 0 Å². The van der Waals surface area contributed by atoms with E-state index in [1.54, 1.807) is 24.3 Å². The molecule has 0 aliphatic carbocycles. The van der Waals surface area contributed by atoms with Crippen molar-refractivity contribution in [3.8, 4) is 5.75 Å². The van der Waals surface area contributed by atoms with E-state index in [0.29, 0.717) is 24.0 Å². The largest absolute Gasteiger partial charge is 0.494 e. The van der Waals surface area contributed by atoms with Crippen molar-refractivity contribution in [2.75, 3.05) is 25.1 Å². The molecule has 10 heteroatoms. The smallest absolute Gasteiger partial charge is 0.338 e. The molecule has 1 atom stereocenters. The first kappa shape index (κ1) is 21.3. The number of nitrogens with zero attached hydrogens (tertiary/aromatic N) is 1. The summed E-state index contributed by atoms with van der Waals surface area (Å²) >= 11 is 0. The zero-order chi connectivity index (χ0) is 22.8. The van der Waals surface area contributed by atoms with Crippen LogP contribution in [-0.4, -0.2) is 42.6 Å². The molecule has 2 aliphatic heterocycles. The number of rotatable bonds is 6. The Labute approximate surface area is 181 Å². The molecule has 2 aliphatic rings. The molecule has 2 aromatic carbocycles. The first-order valence-corrected chi connectivity index (χ1v) is 9.83. The highest BCUT2D eigenvalue weighted by molar-refractivity contribution is 6.00. The first-order chi connectivity index (χ1) is 15.4. The summed E-state index contributed by atoms with van der Waals surface area (Å²) in [5.41, 5.74) is 0.777. The second kappa shape index (κ2) is 8.66. The lowest BCUT2D eigenvalue weighted by Gasteiger charge is -2.33. The van der Waals surface area contributed by atoms with Gasteiger partial charge in [0.2, 0.25) is 5.91 Å². The molecule has 2 N–H and O–H groups in total. The number of halogens is 2. The summed E-state index contributed by atoms with van der Waals surface area (Å²) in [7, 11) is 0. The first-order valence-electron chi connectivity index (χ1n) is 9.83. The van der Waals surface area contributed by atoms with Gasteiger partial charge in [-0.15, -0.1) is 0 Å². The fourth-order valence-corrected chi connectivity index (χ4v) is 3.64. The van der Waals surface area contributed by atoms with Crippen molar-refractivity contribution in [3.05, 3.63) is 70.9 Å². The van der Waals surface area contributed by atoms with Crippen LogP contribution in [0.2, 0.25) is 0 Å². The topological polar surface area (TPSA) is 97.0 Å². The summed E-state index contributed by atoms with van der Waals surface area (Å²) in [6.45, 7) is 1.51. The number of carbonyl (C=O) groups excluding carboxylic acids is 3. The van der Waals surface area contributed by atoms with Gasteiger partial charge in [-0.1, -0.05) is 18.2 Å². The molecular formula is C22H19F2N3O5. The van der Waals surface area contributed by atoms with E-state index in [1.165, 1.54) is 0 Å². The van der Waals surface area contributed by atoms with Crippen LogP contribution in [0.5, 0.6) is 5.75 Å². The molecule has 2 aromatic rings. The number of benzene rings is 2. The van der Waals surface area contributed by atoms with Crippen LogP contribution in [0.4, 0.5) is 19.3 Å². The van der Waals surface area contributed by atoms with Gasteiger partial charge < -0.3 is 20.1 Å². The number of ether oxygens (including phenoxy) is 2. The maximum absolute atomic E-state index is 13.8. The molecule has 0 radical (unpaired) electrons. The summed E-state index contributed by atoms with van der Waals surface area (Å²) in [4.78, 5) is 38.9. The van der Waals surface area contributed by atoms with Crippen LogP contribution < -0.4 is 15.4 Å². The maximum Gasteiger partial charge on any atom is 0.338 e. The number of anilines is 1. The second-order valence-corrected chi connectivity index (χ2v) is 7.05. The third-order valence-electron chi connectivity index (χ3n) is 5.04. The monoisotopic (exact) mass is 443 g/mol. The Morgan fingerprint density at radius 2 is 2.03 bits per heavy atom. The minimum Gasteiger partial charge on any atom is -0.494 e. The van der Waals surface area contributed by atoms with E-state index in [0.717, 1.165) is 17.0 Å².